The van der Waals surface area contributed by atoms with Crippen LogP contribution in [0.2, 0.25) is 0 Å². The Labute approximate surface area is 252 Å². The fourth-order valence-corrected chi connectivity index (χ4v) is 6.60. The first-order valence-electron chi connectivity index (χ1n) is 14.5. The molecule has 0 spiro atoms. The van der Waals surface area contributed by atoms with Crippen molar-refractivity contribution in [3.8, 4) is 22.3 Å². The predicted molar refractivity (Wildman–Crippen MR) is 165 cm³/mol. The molecular weight excluding hydrogens is 570 g/mol. The Hall–Kier alpha value is -4.42. The van der Waals surface area contributed by atoms with E-state index in [9.17, 15) is 19.1 Å². The Morgan fingerprint density at radius 3 is 2.75 bits per heavy atom. The molecule has 1 fully saturated rings. The summed E-state index contributed by atoms with van der Waals surface area (Å²) in [6, 6.07) is 2.79. The minimum atomic E-state index is -1.33. The smallest absolute Gasteiger partial charge is 0.341 e. The first-order chi connectivity index (χ1) is 21.1. The lowest BCUT2D eigenvalue weighted by Crippen LogP contribution is -2.30. The first kappa shape index (κ1) is 29.6. The third kappa shape index (κ3) is 4.97. The van der Waals surface area contributed by atoms with E-state index in [1.165, 1.54) is 16.8 Å². The van der Waals surface area contributed by atoms with Crippen LogP contribution in [-0.4, -0.2) is 84.5 Å². The molecule has 1 aromatic carbocycles. The first-order valence-corrected chi connectivity index (χ1v) is 14.5. The number of nitrogens with zero attached hydrogens (tertiary/aromatic N) is 5. The molecule has 1 atom stereocenters. The Morgan fingerprint density at radius 2 is 2.02 bits per heavy atom. The van der Waals surface area contributed by atoms with Gasteiger partial charge in [0.25, 0.3) is 0 Å². The molecular formula is C32H34F2N6O4. The van der Waals surface area contributed by atoms with Crippen LogP contribution in [0.15, 0.2) is 35.5 Å². The lowest BCUT2D eigenvalue weighted by molar-refractivity contribution is 0.0695. The number of hydrogen-bond acceptors (Lipinski definition) is 8. The van der Waals surface area contributed by atoms with Crippen LogP contribution in [0.3, 0.4) is 0 Å². The van der Waals surface area contributed by atoms with E-state index in [0.29, 0.717) is 77.0 Å². The van der Waals surface area contributed by atoms with Gasteiger partial charge in [-0.2, -0.15) is 0 Å². The van der Waals surface area contributed by atoms with Crippen LogP contribution >= 0.6 is 0 Å². The van der Waals surface area contributed by atoms with E-state index < -0.39 is 23.0 Å². The number of aryl methyl sites for hydroxylation is 1. The average molecular weight is 605 g/mol. The summed E-state index contributed by atoms with van der Waals surface area (Å²) < 4.78 is 37.4. The van der Waals surface area contributed by atoms with Crippen LogP contribution in [0.1, 0.15) is 28.0 Å². The number of methoxy groups -OCH3 is 1. The van der Waals surface area contributed by atoms with Gasteiger partial charge in [-0.3, -0.25) is 9.78 Å². The lowest BCUT2D eigenvalue weighted by atomic mass is 9.97. The van der Waals surface area contributed by atoms with Gasteiger partial charge in [0.05, 0.1) is 23.4 Å². The highest BCUT2D eigenvalue weighted by Crippen LogP contribution is 2.50. The molecule has 1 unspecified atom stereocenters. The number of benzene rings is 1. The molecule has 1 aliphatic carbocycles. The largest absolute Gasteiger partial charge is 0.477 e. The maximum absolute atomic E-state index is 15.7. The maximum Gasteiger partial charge on any atom is 0.341 e. The third-order valence-electron chi connectivity index (χ3n) is 8.72. The zero-order valence-electron chi connectivity index (χ0n) is 25.1. The van der Waals surface area contributed by atoms with Crippen LogP contribution in [0.25, 0.3) is 33.3 Å². The molecule has 4 heterocycles. The second-order valence-corrected chi connectivity index (χ2v) is 11.6. The highest BCUT2D eigenvalue weighted by molar-refractivity contribution is 5.98. The number of halogens is 2. The van der Waals surface area contributed by atoms with Crippen molar-refractivity contribution in [2.75, 3.05) is 64.2 Å². The Balaban J connectivity index is 1.54. The van der Waals surface area contributed by atoms with Crippen molar-refractivity contribution >= 4 is 28.4 Å². The maximum atomic E-state index is 15.7. The molecule has 2 aliphatic rings. The Bertz CT molecular complexity index is 1860. The molecule has 230 valence electrons. The van der Waals surface area contributed by atoms with Crippen molar-refractivity contribution < 1.29 is 23.4 Å². The summed E-state index contributed by atoms with van der Waals surface area (Å²) in [5, 5.41) is 12.8. The van der Waals surface area contributed by atoms with Gasteiger partial charge in [0.2, 0.25) is 5.43 Å². The van der Waals surface area contributed by atoms with Crippen LogP contribution in [0, 0.1) is 17.6 Å². The fraction of sp³-hybridized carbons (Fsp3) is 0.375. The normalized spacial score (nSPS) is 15.7. The number of nitrogens with one attached hydrogen (secondary N) is 1. The van der Waals surface area contributed by atoms with E-state index in [0.717, 1.165) is 19.5 Å². The molecule has 1 aliphatic heterocycles. The van der Waals surface area contributed by atoms with Crippen LogP contribution < -0.4 is 15.6 Å². The van der Waals surface area contributed by atoms with Crippen LogP contribution in [0.5, 0.6) is 0 Å². The van der Waals surface area contributed by atoms with E-state index in [-0.39, 0.29) is 16.5 Å². The number of fused-ring (bicyclic) bond motifs is 4. The lowest BCUT2D eigenvalue weighted by Gasteiger charge is -2.27. The Kier molecular flexibility index (Phi) is 7.80. The van der Waals surface area contributed by atoms with E-state index in [1.54, 1.807) is 39.7 Å². The van der Waals surface area contributed by atoms with Gasteiger partial charge in [-0.25, -0.2) is 18.6 Å². The summed E-state index contributed by atoms with van der Waals surface area (Å²) in [6.07, 6.45) is 5.79. The molecule has 12 heteroatoms. The number of anilines is 2. The topological polar surface area (TPSA) is 113 Å². The number of hydrogen-bond donors (Lipinski definition) is 2. The van der Waals surface area contributed by atoms with Crippen LogP contribution in [0.4, 0.5) is 20.2 Å². The minimum Gasteiger partial charge on any atom is -0.477 e. The number of aromatic carboxylic acids is 1. The number of carboxylic acids is 1. The quantitative estimate of drug-likeness (QED) is 0.258. The zero-order valence-corrected chi connectivity index (χ0v) is 25.1. The summed E-state index contributed by atoms with van der Waals surface area (Å²) in [5.74, 6) is -2.89. The summed E-state index contributed by atoms with van der Waals surface area (Å²) >= 11 is 0. The molecule has 6 rings (SSSR count). The number of likely N-dealkylation sites (N-methyl/N-ethyl adjacent to an activating group) is 1. The molecule has 4 aromatic rings. The predicted octanol–water partition coefficient (Wildman–Crippen LogP) is 3.99. The number of carbonyl (C=O) groups is 1. The van der Waals surface area contributed by atoms with E-state index in [2.05, 4.69) is 27.1 Å². The van der Waals surface area contributed by atoms with Gasteiger partial charge in [-0.15, -0.1) is 0 Å². The van der Waals surface area contributed by atoms with Crippen molar-refractivity contribution in [3.05, 3.63) is 69.4 Å². The molecule has 3 aromatic heterocycles. The van der Waals surface area contributed by atoms with Gasteiger partial charge in [-0.1, -0.05) is 0 Å². The summed E-state index contributed by atoms with van der Waals surface area (Å²) in [7, 11) is 7.03. The van der Waals surface area contributed by atoms with Crippen molar-refractivity contribution in [2.24, 2.45) is 13.0 Å². The summed E-state index contributed by atoms with van der Waals surface area (Å²) in [6.45, 7) is 3.63. The van der Waals surface area contributed by atoms with Crippen molar-refractivity contribution in [1.29, 1.82) is 0 Å². The third-order valence-corrected chi connectivity index (χ3v) is 8.72. The average Bonchev–Trinajstić information content (AvgIpc) is 3.63. The molecule has 2 N–H and O–H groups in total. The fourth-order valence-electron chi connectivity index (χ4n) is 6.60. The minimum absolute atomic E-state index is 0.144. The molecule has 10 nitrogen and oxygen atoms in total. The summed E-state index contributed by atoms with van der Waals surface area (Å²) in [5.41, 5.74) is 3.66. The van der Waals surface area contributed by atoms with Gasteiger partial charge in [0.15, 0.2) is 11.6 Å². The monoisotopic (exact) mass is 604 g/mol. The SMILES string of the molecule is CNc1cc(F)c(F)c2c1Cc1ncc(-c3cnc4c(c3)c(=O)c(C(=O)O)cn4C)c(N3CCC(CN(C)CCOC)C3)c1-2. The standard InChI is InChI=1S/C32H34F2N6O4/c1-35-24-11-23(33)28(34)26-19(24)10-25-27(26)29(40-6-5-17(15-40)14-38(2)7-8-44-4)21(13-36-25)18-9-20-30(41)22(32(42)43)16-39(3)31(20)37-12-18/h9,11-13,16-17,35H,5-8,10,14-15H2,1-4H3,(H,42,43). The van der Waals surface area contributed by atoms with Gasteiger partial charge < -0.3 is 29.5 Å². The number of aromatic nitrogens is 3. The number of pyridine rings is 3. The Morgan fingerprint density at radius 1 is 1.23 bits per heavy atom. The van der Waals surface area contributed by atoms with Crippen molar-refractivity contribution in [3.63, 3.8) is 0 Å². The highest BCUT2D eigenvalue weighted by atomic mass is 19.2. The number of rotatable bonds is 9. The van der Waals surface area contributed by atoms with E-state index in [1.807, 2.05) is 0 Å². The van der Waals surface area contributed by atoms with Crippen molar-refractivity contribution in [2.45, 2.75) is 12.8 Å². The molecule has 0 amide bonds. The van der Waals surface area contributed by atoms with Crippen molar-refractivity contribution in [1.82, 2.24) is 19.4 Å². The molecule has 1 saturated heterocycles. The van der Waals surface area contributed by atoms with Crippen LogP contribution in [-0.2, 0) is 18.2 Å². The van der Waals surface area contributed by atoms with E-state index >= 15 is 4.39 Å². The van der Waals surface area contributed by atoms with Gasteiger partial charge in [0, 0.05) is 106 Å². The summed E-state index contributed by atoms with van der Waals surface area (Å²) in [4.78, 5) is 38.7. The number of ether oxygens (including phenoxy) is 1. The number of carboxylic acid groups (broad SMARTS) is 1. The molecule has 44 heavy (non-hydrogen) atoms. The van der Waals surface area contributed by atoms with Gasteiger partial charge >= 0.3 is 5.97 Å². The second kappa shape index (κ2) is 11.6. The molecule has 0 saturated carbocycles. The van der Waals surface area contributed by atoms with Gasteiger partial charge in [-0.05, 0) is 31.0 Å². The van der Waals surface area contributed by atoms with E-state index in [4.69, 9.17) is 9.72 Å². The second-order valence-electron chi connectivity index (χ2n) is 11.6. The highest BCUT2D eigenvalue weighted by Gasteiger charge is 2.36. The van der Waals surface area contributed by atoms with Gasteiger partial charge in [0.1, 0.15) is 11.2 Å². The molecule has 0 radical (unpaired) electrons. The zero-order chi connectivity index (χ0) is 31.3. The molecule has 0 bridgehead atoms.